The van der Waals surface area contributed by atoms with Crippen LogP contribution in [0.2, 0.25) is 0 Å². The Kier molecular flexibility index (Phi) is 7.87. The fourth-order valence-electron chi connectivity index (χ4n) is 3.15. The van der Waals surface area contributed by atoms with Crippen molar-refractivity contribution >= 4 is 35.3 Å². The van der Waals surface area contributed by atoms with Crippen molar-refractivity contribution in [2.24, 2.45) is 0 Å². The van der Waals surface area contributed by atoms with E-state index in [0.29, 0.717) is 12.3 Å². The lowest BCUT2D eigenvalue weighted by atomic mass is 10.2. The van der Waals surface area contributed by atoms with Gasteiger partial charge in [0.2, 0.25) is 0 Å². The standard InChI is InChI=1S/C25H22N4O5S/c30-22(27-25(32)26-14-20-8-4-12-33-20)17-34-23(31)11-10-19-16-29(15-18-6-2-1-3-7-18)28-24(19)21-9-5-13-35-21/h1-13,16H,14-15,17H2,(H2,26,27,30,32)/b11-10+. The van der Waals surface area contributed by atoms with Crippen molar-refractivity contribution in [3.05, 3.63) is 95.4 Å². The Labute approximate surface area is 205 Å². The molecule has 4 aromatic rings. The Morgan fingerprint density at radius 2 is 1.94 bits per heavy atom. The normalized spacial score (nSPS) is 10.9. The molecule has 0 spiro atoms. The quantitative estimate of drug-likeness (QED) is 0.272. The van der Waals surface area contributed by atoms with Crippen LogP contribution in [0.15, 0.2) is 82.9 Å². The van der Waals surface area contributed by atoms with Crippen LogP contribution < -0.4 is 10.6 Å². The number of thiophene rings is 1. The van der Waals surface area contributed by atoms with Gasteiger partial charge in [-0.05, 0) is 35.2 Å². The van der Waals surface area contributed by atoms with Gasteiger partial charge in [0.25, 0.3) is 5.91 Å². The Morgan fingerprint density at radius 1 is 1.09 bits per heavy atom. The van der Waals surface area contributed by atoms with Crippen molar-refractivity contribution in [2.45, 2.75) is 13.1 Å². The van der Waals surface area contributed by atoms with Gasteiger partial charge in [0.1, 0.15) is 11.5 Å². The molecule has 0 atom stereocenters. The summed E-state index contributed by atoms with van der Waals surface area (Å²) in [7, 11) is 0. The summed E-state index contributed by atoms with van der Waals surface area (Å²) in [6.07, 6.45) is 6.15. The van der Waals surface area contributed by atoms with Crippen molar-refractivity contribution in [1.82, 2.24) is 20.4 Å². The summed E-state index contributed by atoms with van der Waals surface area (Å²) in [6.45, 7) is 0.112. The number of hydrogen-bond donors (Lipinski definition) is 2. The van der Waals surface area contributed by atoms with Gasteiger partial charge in [-0.3, -0.25) is 14.8 Å². The van der Waals surface area contributed by atoms with Crippen LogP contribution in [-0.2, 0) is 27.4 Å². The van der Waals surface area contributed by atoms with Crippen LogP contribution in [-0.4, -0.2) is 34.3 Å². The number of carbonyl (C=O) groups is 3. The largest absolute Gasteiger partial charge is 0.467 e. The van der Waals surface area contributed by atoms with Crippen molar-refractivity contribution in [1.29, 1.82) is 0 Å². The molecular formula is C25H22N4O5S. The number of hydrogen-bond acceptors (Lipinski definition) is 7. The minimum absolute atomic E-state index is 0.124. The van der Waals surface area contributed by atoms with Gasteiger partial charge in [-0.1, -0.05) is 36.4 Å². The smallest absolute Gasteiger partial charge is 0.331 e. The van der Waals surface area contributed by atoms with E-state index >= 15 is 0 Å². The maximum absolute atomic E-state index is 12.2. The lowest BCUT2D eigenvalue weighted by Crippen LogP contribution is -2.41. The van der Waals surface area contributed by atoms with Gasteiger partial charge in [-0.25, -0.2) is 9.59 Å². The second-order valence-corrected chi connectivity index (χ2v) is 8.29. The molecule has 0 radical (unpaired) electrons. The number of rotatable bonds is 9. The molecule has 35 heavy (non-hydrogen) atoms. The van der Waals surface area contributed by atoms with E-state index in [2.05, 4.69) is 15.7 Å². The van der Waals surface area contributed by atoms with Crippen LogP contribution in [0.25, 0.3) is 16.6 Å². The van der Waals surface area contributed by atoms with Gasteiger partial charge in [-0.15, -0.1) is 11.3 Å². The molecule has 3 aromatic heterocycles. The molecule has 4 rings (SSSR count). The molecule has 3 amide bonds. The van der Waals surface area contributed by atoms with Crippen molar-refractivity contribution in [2.75, 3.05) is 6.61 Å². The van der Waals surface area contributed by atoms with E-state index in [4.69, 9.17) is 9.15 Å². The number of nitrogens with zero attached hydrogens (tertiary/aromatic N) is 2. The predicted octanol–water partition coefficient (Wildman–Crippen LogP) is 3.84. The summed E-state index contributed by atoms with van der Waals surface area (Å²) >= 11 is 1.54. The molecule has 2 N–H and O–H groups in total. The zero-order valence-electron chi connectivity index (χ0n) is 18.5. The van der Waals surface area contributed by atoms with Gasteiger partial charge in [-0.2, -0.15) is 5.10 Å². The SMILES string of the molecule is O=C(COC(=O)/C=C/c1cn(Cc2ccccc2)nc1-c1cccs1)NC(=O)NCc1ccco1. The number of nitrogens with one attached hydrogen (secondary N) is 2. The van der Waals surface area contributed by atoms with Crippen molar-refractivity contribution in [3.8, 4) is 10.6 Å². The molecule has 0 bridgehead atoms. The van der Waals surface area contributed by atoms with E-state index in [1.165, 1.54) is 12.3 Å². The number of furan rings is 1. The Balaban J connectivity index is 1.32. The average Bonchev–Trinajstić information content (AvgIpc) is 3.63. The molecule has 3 heterocycles. The highest BCUT2D eigenvalue weighted by Gasteiger charge is 2.13. The molecule has 178 valence electrons. The number of esters is 1. The van der Waals surface area contributed by atoms with Gasteiger partial charge < -0.3 is 14.5 Å². The van der Waals surface area contributed by atoms with Crippen LogP contribution in [0.1, 0.15) is 16.9 Å². The topological polar surface area (TPSA) is 115 Å². The van der Waals surface area contributed by atoms with E-state index in [1.807, 2.05) is 58.7 Å². The zero-order valence-corrected chi connectivity index (χ0v) is 19.4. The third-order valence-electron chi connectivity index (χ3n) is 4.73. The first-order chi connectivity index (χ1) is 17.1. The minimum atomic E-state index is -0.751. The highest BCUT2D eigenvalue weighted by atomic mass is 32.1. The van der Waals surface area contributed by atoms with Crippen LogP contribution in [0.3, 0.4) is 0 Å². The minimum Gasteiger partial charge on any atom is -0.467 e. The number of ether oxygens (including phenoxy) is 1. The maximum atomic E-state index is 12.2. The first-order valence-electron chi connectivity index (χ1n) is 10.7. The maximum Gasteiger partial charge on any atom is 0.331 e. The van der Waals surface area contributed by atoms with Crippen molar-refractivity contribution in [3.63, 3.8) is 0 Å². The average molecular weight is 491 g/mol. The highest BCUT2D eigenvalue weighted by molar-refractivity contribution is 7.13. The highest BCUT2D eigenvalue weighted by Crippen LogP contribution is 2.27. The summed E-state index contributed by atoms with van der Waals surface area (Å²) in [5.41, 5.74) is 2.58. The monoisotopic (exact) mass is 490 g/mol. The molecular weight excluding hydrogens is 468 g/mol. The number of amides is 3. The van der Waals surface area contributed by atoms with E-state index < -0.39 is 24.5 Å². The van der Waals surface area contributed by atoms with Crippen LogP contribution in [0, 0.1) is 0 Å². The van der Waals surface area contributed by atoms with Crippen LogP contribution in [0.4, 0.5) is 4.79 Å². The molecule has 0 aliphatic carbocycles. The molecule has 0 saturated carbocycles. The molecule has 10 heteroatoms. The number of carbonyl (C=O) groups excluding carboxylic acids is 3. The summed E-state index contributed by atoms with van der Waals surface area (Å²) in [5.74, 6) is -0.930. The Bertz CT molecular complexity index is 1300. The zero-order chi connectivity index (χ0) is 24.5. The molecule has 0 saturated heterocycles. The summed E-state index contributed by atoms with van der Waals surface area (Å²) < 4.78 is 11.8. The van der Waals surface area contributed by atoms with E-state index in [-0.39, 0.29) is 6.54 Å². The summed E-state index contributed by atoms with van der Waals surface area (Å²) in [5, 5.41) is 11.2. The van der Waals surface area contributed by atoms with Gasteiger partial charge in [0.15, 0.2) is 6.61 Å². The van der Waals surface area contributed by atoms with Crippen LogP contribution in [0.5, 0.6) is 0 Å². The second kappa shape index (κ2) is 11.6. The lowest BCUT2D eigenvalue weighted by molar-refractivity contribution is -0.143. The molecule has 0 unspecified atom stereocenters. The van der Waals surface area contributed by atoms with Gasteiger partial charge in [0, 0.05) is 17.8 Å². The first-order valence-corrected chi connectivity index (χ1v) is 11.5. The number of aromatic nitrogens is 2. The van der Waals surface area contributed by atoms with E-state index in [9.17, 15) is 14.4 Å². The number of imide groups is 1. The predicted molar refractivity (Wildman–Crippen MR) is 130 cm³/mol. The molecule has 9 nitrogen and oxygen atoms in total. The third-order valence-corrected chi connectivity index (χ3v) is 5.61. The lowest BCUT2D eigenvalue weighted by Gasteiger charge is -2.05. The molecule has 0 fully saturated rings. The Morgan fingerprint density at radius 3 is 2.69 bits per heavy atom. The third kappa shape index (κ3) is 7.02. The van der Waals surface area contributed by atoms with Gasteiger partial charge >= 0.3 is 12.0 Å². The van der Waals surface area contributed by atoms with Crippen molar-refractivity contribution < 1.29 is 23.5 Å². The Hall–Kier alpha value is -4.44. The number of urea groups is 1. The second-order valence-electron chi connectivity index (χ2n) is 7.34. The van der Waals surface area contributed by atoms with E-state index in [1.54, 1.807) is 29.5 Å². The fraction of sp³-hybridized carbons (Fsp3) is 0.120. The van der Waals surface area contributed by atoms with Crippen LogP contribution >= 0.6 is 11.3 Å². The van der Waals surface area contributed by atoms with E-state index in [0.717, 1.165) is 21.7 Å². The fourth-order valence-corrected chi connectivity index (χ4v) is 3.88. The number of benzene rings is 1. The molecule has 1 aromatic carbocycles. The molecule has 0 aliphatic rings. The molecule has 0 aliphatic heterocycles. The summed E-state index contributed by atoms with van der Waals surface area (Å²) in [6, 6.07) is 16.5. The van der Waals surface area contributed by atoms with Gasteiger partial charge in [0.05, 0.1) is 24.2 Å². The first kappa shape index (κ1) is 23.7. The summed E-state index contributed by atoms with van der Waals surface area (Å²) in [4.78, 5) is 36.7.